The molecule has 0 aliphatic heterocycles. The second kappa shape index (κ2) is 10.5. The van der Waals surface area contributed by atoms with Crippen molar-refractivity contribution in [2.45, 2.75) is 14.4 Å². The topological polar surface area (TPSA) is 87.5 Å². The summed E-state index contributed by atoms with van der Waals surface area (Å²) in [5, 5.41) is 22.4. The van der Waals surface area contributed by atoms with E-state index in [0.717, 1.165) is 20.0 Å². The zero-order valence-electron chi connectivity index (χ0n) is 14.4. The third-order valence-corrected chi connectivity index (χ3v) is 6.83. The van der Waals surface area contributed by atoms with Crippen molar-refractivity contribution >= 4 is 58.6 Å². The Hall–Kier alpha value is -2.07. The van der Waals surface area contributed by atoms with Gasteiger partial charge in [0.15, 0.2) is 8.68 Å². The molecule has 3 rings (SSSR count). The van der Waals surface area contributed by atoms with E-state index in [0.29, 0.717) is 10.6 Å². The number of nitrogens with zero attached hydrogens (tertiary/aromatic N) is 3. The molecule has 6 nitrogen and oxygen atoms in total. The highest BCUT2D eigenvalue weighted by Crippen LogP contribution is 2.30. The number of aromatic nitrogens is 2. The number of carbonyl (C=O) groups is 1. The van der Waals surface area contributed by atoms with Gasteiger partial charge in [0.2, 0.25) is 0 Å². The van der Waals surface area contributed by atoms with Crippen LogP contribution in [0.5, 0.6) is 5.75 Å². The van der Waals surface area contributed by atoms with Crippen LogP contribution in [-0.4, -0.2) is 33.2 Å². The highest BCUT2D eigenvalue weighted by Gasteiger charge is 2.08. The van der Waals surface area contributed by atoms with Crippen molar-refractivity contribution in [1.82, 2.24) is 15.6 Å². The summed E-state index contributed by atoms with van der Waals surface area (Å²) in [5.74, 6) is 0.793. The van der Waals surface area contributed by atoms with Crippen molar-refractivity contribution in [2.24, 2.45) is 5.10 Å². The molecule has 0 saturated carbocycles. The maximum absolute atomic E-state index is 11.9. The molecular formula is C18H15ClN4O2S3. The molecule has 0 atom stereocenters. The predicted octanol–water partition coefficient (Wildman–Crippen LogP) is 4.43. The summed E-state index contributed by atoms with van der Waals surface area (Å²) >= 11 is 10.2. The van der Waals surface area contributed by atoms with E-state index in [1.807, 2.05) is 24.3 Å². The lowest BCUT2D eigenvalue weighted by atomic mass is 10.2. The van der Waals surface area contributed by atoms with E-state index in [-0.39, 0.29) is 17.4 Å². The molecule has 144 valence electrons. The number of hydrazone groups is 1. The minimum Gasteiger partial charge on any atom is -0.507 e. The van der Waals surface area contributed by atoms with Crippen LogP contribution in [0.3, 0.4) is 0 Å². The van der Waals surface area contributed by atoms with Gasteiger partial charge in [0.05, 0.1) is 12.0 Å². The van der Waals surface area contributed by atoms with Crippen molar-refractivity contribution in [3.05, 3.63) is 64.7 Å². The van der Waals surface area contributed by atoms with Crippen LogP contribution < -0.4 is 5.43 Å². The number of amides is 1. The lowest BCUT2D eigenvalue weighted by Crippen LogP contribution is -2.19. The molecule has 3 aromatic rings. The fourth-order valence-electron chi connectivity index (χ4n) is 1.97. The molecule has 1 amide bonds. The zero-order chi connectivity index (χ0) is 19.8. The van der Waals surface area contributed by atoms with Crippen LogP contribution >= 0.6 is 46.5 Å². The first kappa shape index (κ1) is 20.7. The van der Waals surface area contributed by atoms with Gasteiger partial charge < -0.3 is 5.11 Å². The van der Waals surface area contributed by atoms with E-state index >= 15 is 0 Å². The first-order chi connectivity index (χ1) is 13.6. The van der Waals surface area contributed by atoms with Crippen LogP contribution in [0.25, 0.3) is 0 Å². The van der Waals surface area contributed by atoms with Crippen molar-refractivity contribution in [3.63, 3.8) is 0 Å². The van der Waals surface area contributed by atoms with E-state index in [9.17, 15) is 9.90 Å². The number of aromatic hydroxyl groups is 1. The molecule has 2 aromatic carbocycles. The van der Waals surface area contributed by atoms with Gasteiger partial charge in [-0.2, -0.15) is 5.10 Å². The van der Waals surface area contributed by atoms with Crippen molar-refractivity contribution in [3.8, 4) is 5.75 Å². The van der Waals surface area contributed by atoms with Crippen molar-refractivity contribution < 1.29 is 9.90 Å². The molecule has 0 aliphatic carbocycles. The molecule has 1 heterocycles. The molecule has 0 bridgehead atoms. The number of hydrogen-bond donors (Lipinski definition) is 2. The van der Waals surface area contributed by atoms with Crippen LogP contribution in [-0.2, 0) is 10.5 Å². The monoisotopic (exact) mass is 450 g/mol. The van der Waals surface area contributed by atoms with Gasteiger partial charge in [0, 0.05) is 16.3 Å². The average Bonchev–Trinajstić information content (AvgIpc) is 3.15. The average molecular weight is 451 g/mol. The van der Waals surface area contributed by atoms with Crippen molar-refractivity contribution in [2.75, 3.05) is 5.75 Å². The van der Waals surface area contributed by atoms with E-state index in [1.165, 1.54) is 29.3 Å². The number of benzene rings is 2. The van der Waals surface area contributed by atoms with Gasteiger partial charge in [-0.05, 0) is 29.8 Å². The van der Waals surface area contributed by atoms with Gasteiger partial charge in [-0.25, -0.2) is 5.43 Å². The van der Waals surface area contributed by atoms with E-state index in [1.54, 1.807) is 36.0 Å². The van der Waals surface area contributed by atoms with Crippen LogP contribution in [0.1, 0.15) is 11.1 Å². The Labute approximate surface area is 179 Å². The molecule has 0 fully saturated rings. The highest BCUT2D eigenvalue weighted by molar-refractivity contribution is 8.03. The molecule has 0 radical (unpaired) electrons. The van der Waals surface area contributed by atoms with Gasteiger partial charge in [-0.1, -0.05) is 70.7 Å². The maximum Gasteiger partial charge on any atom is 0.250 e. The van der Waals surface area contributed by atoms with Gasteiger partial charge in [-0.3, -0.25) is 4.79 Å². The van der Waals surface area contributed by atoms with Crippen LogP contribution in [0.4, 0.5) is 0 Å². The molecule has 0 aliphatic rings. The Balaban J connectivity index is 1.41. The zero-order valence-corrected chi connectivity index (χ0v) is 17.6. The van der Waals surface area contributed by atoms with Gasteiger partial charge in [-0.15, -0.1) is 10.2 Å². The Morgan fingerprint density at radius 3 is 2.61 bits per heavy atom. The highest BCUT2D eigenvalue weighted by atomic mass is 35.5. The second-order valence-electron chi connectivity index (χ2n) is 5.39. The standard InChI is InChI=1S/C18H15ClN4O2S3/c19-14-7-5-12(6-8-14)10-26-17-22-23-18(28-17)27-11-16(25)21-20-9-13-3-1-2-4-15(13)24/h1-9,24H,10-11H2,(H,21,25)/b20-9+. The largest absolute Gasteiger partial charge is 0.507 e. The molecule has 28 heavy (non-hydrogen) atoms. The molecule has 1 aromatic heterocycles. The summed E-state index contributed by atoms with van der Waals surface area (Å²) in [7, 11) is 0. The summed E-state index contributed by atoms with van der Waals surface area (Å²) in [6, 6.07) is 14.4. The first-order valence-corrected chi connectivity index (χ1v) is 11.2. The summed E-state index contributed by atoms with van der Waals surface area (Å²) in [4.78, 5) is 11.9. The SMILES string of the molecule is O=C(CSc1nnc(SCc2ccc(Cl)cc2)s1)N/N=C/c1ccccc1O. The molecule has 0 spiro atoms. The third-order valence-electron chi connectivity index (χ3n) is 3.32. The Morgan fingerprint density at radius 1 is 1.14 bits per heavy atom. The van der Waals surface area contributed by atoms with Gasteiger partial charge >= 0.3 is 0 Å². The van der Waals surface area contributed by atoms with E-state index in [4.69, 9.17) is 11.6 Å². The number of para-hydroxylation sites is 1. The molecule has 0 unspecified atom stereocenters. The lowest BCUT2D eigenvalue weighted by molar-refractivity contribution is -0.118. The number of rotatable bonds is 8. The lowest BCUT2D eigenvalue weighted by Gasteiger charge is -1.99. The number of phenolic OH excluding ortho intramolecular Hbond substituents is 1. The summed E-state index contributed by atoms with van der Waals surface area (Å²) < 4.78 is 1.56. The van der Waals surface area contributed by atoms with E-state index in [2.05, 4.69) is 20.7 Å². The molecule has 2 N–H and O–H groups in total. The van der Waals surface area contributed by atoms with Crippen LogP contribution in [0.15, 0.2) is 62.3 Å². The molecular weight excluding hydrogens is 436 g/mol. The fraction of sp³-hybridized carbons (Fsp3) is 0.111. The predicted molar refractivity (Wildman–Crippen MR) is 115 cm³/mol. The van der Waals surface area contributed by atoms with Crippen LogP contribution in [0, 0.1) is 0 Å². The van der Waals surface area contributed by atoms with Gasteiger partial charge in [0.25, 0.3) is 5.91 Å². The Morgan fingerprint density at radius 2 is 1.86 bits per heavy atom. The Bertz CT molecular complexity index is 963. The minimum atomic E-state index is -0.262. The molecule has 0 saturated heterocycles. The number of halogens is 1. The second-order valence-corrected chi connectivity index (χ2v) is 9.25. The van der Waals surface area contributed by atoms with Gasteiger partial charge in [0.1, 0.15) is 5.75 Å². The summed E-state index contributed by atoms with van der Waals surface area (Å²) in [6.45, 7) is 0. The third kappa shape index (κ3) is 6.52. The number of carbonyl (C=O) groups excluding carboxylic acids is 1. The first-order valence-electron chi connectivity index (χ1n) is 8.03. The van der Waals surface area contributed by atoms with Crippen LogP contribution in [0.2, 0.25) is 5.02 Å². The Kier molecular flexibility index (Phi) is 7.72. The van der Waals surface area contributed by atoms with Crippen molar-refractivity contribution in [1.29, 1.82) is 0 Å². The summed E-state index contributed by atoms with van der Waals surface area (Å²) in [6.07, 6.45) is 1.40. The van der Waals surface area contributed by atoms with E-state index < -0.39 is 0 Å². The molecule has 10 heteroatoms. The minimum absolute atomic E-state index is 0.104. The normalized spacial score (nSPS) is 11.0. The number of nitrogens with one attached hydrogen (secondary N) is 1. The maximum atomic E-state index is 11.9. The quantitative estimate of drug-likeness (QED) is 0.300. The summed E-state index contributed by atoms with van der Waals surface area (Å²) in [5.41, 5.74) is 4.11. The number of hydrogen-bond acceptors (Lipinski definition) is 8. The fourth-order valence-corrected chi connectivity index (χ4v) is 4.86. The number of thioether (sulfide) groups is 2. The smallest absolute Gasteiger partial charge is 0.250 e. The number of phenols is 1.